The van der Waals surface area contributed by atoms with Gasteiger partial charge in [0.2, 0.25) is 5.91 Å². The van der Waals surface area contributed by atoms with E-state index in [0.717, 1.165) is 37.9 Å². The Bertz CT molecular complexity index is 578. The van der Waals surface area contributed by atoms with Gasteiger partial charge in [0.25, 0.3) is 0 Å². The molecule has 1 aliphatic heterocycles. The SMILES string of the molecule is CCCNC(=O)[C@@H]1CCCN(C[C@@H](O)c2cccc(C(F)(F)F)c2)C1. The fraction of sp³-hybridized carbons (Fsp3) is 0.611. The third-order valence-electron chi connectivity index (χ3n) is 4.46. The predicted molar refractivity (Wildman–Crippen MR) is 88.9 cm³/mol. The molecule has 1 heterocycles. The molecule has 1 amide bonds. The van der Waals surface area contributed by atoms with E-state index in [4.69, 9.17) is 0 Å². The zero-order chi connectivity index (χ0) is 18.4. The standard InChI is InChI=1S/C18H25F3N2O2/c1-2-8-22-17(25)14-6-4-9-23(11-14)12-16(24)13-5-3-7-15(10-13)18(19,20)21/h3,5,7,10,14,16,24H,2,4,6,8-9,11-12H2,1H3,(H,22,25)/t14-,16-/m1/s1. The first-order valence-corrected chi connectivity index (χ1v) is 8.66. The van der Waals surface area contributed by atoms with E-state index in [1.807, 2.05) is 11.8 Å². The molecule has 2 rings (SSSR count). The lowest BCUT2D eigenvalue weighted by Crippen LogP contribution is -2.44. The third-order valence-corrected chi connectivity index (χ3v) is 4.46. The fourth-order valence-electron chi connectivity index (χ4n) is 3.10. The summed E-state index contributed by atoms with van der Waals surface area (Å²) in [6.07, 6.45) is -2.94. The van der Waals surface area contributed by atoms with Gasteiger partial charge in [-0.2, -0.15) is 13.2 Å². The Labute approximate surface area is 146 Å². The van der Waals surface area contributed by atoms with Gasteiger partial charge in [-0.3, -0.25) is 9.69 Å². The highest BCUT2D eigenvalue weighted by atomic mass is 19.4. The van der Waals surface area contributed by atoms with E-state index in [1.165, 1.54) is 12.1 Å². The maximum Gasteiger partial charge on any atom is 0.416 e. The number of piperidine rings is 1. The van der Waals surface area contributed by atoms with Gasteiger partial charge in [0.1, 0.15) is 0 Å². The zero-order valence-corrected chi connectivity index (χ0v) is 14.4. The summed E-state index contributed by atoms with van der Waals surface area (Å²) < 4.78 is 38.4. The molecule has 140 valence electrons. The lowest BCUT2D eigenvalue weighted by atomic mass is 9.96. The van der Waals surface area contributed by atoms with Crippen molar-refractivity contribution in [1.29, 1.82) is 0 Å². The number of carbonyl (C=O) groups excluding carboxylic acids is 1. The highest BCUT2D eigenvalue weighted by molar-refractivity contribution is 5.78. The Morgan fingerprint density at radius 3 is 2.88 bits per heavy atom. The first-order chi connectivity index (χ1) is 11.8. The molecule has 0 radical (unpaired) electrons. The number of hydrogen-bond acceptors (Lipinski definition) is 3. The largest absolute Gasteiger partial charge is 0.416 e. The molecule has 25 heavy (non-hydrogen) atoms. The second-order valence-electron chi connectivity index (χ2n) is 6.53. The number of nitrogens with one attached hydrogen (secondary N) is 1. The maximum atomic E-state index is 12.8. The van der Waals surface area contributed by atoms with Crippen LogP contribution in [0.1, 0.15) is 43.4 Å². The Hall–Kier alpha value is -1.60. The molecule has 0 aliphatic carbocycles. The molecule has 4 nitrogen and oxygen atoms in total. The van der Waals surface area contributed by atoms with E-state index < -0.39 is 17.8 Å². The summed E-state index contributed by atoms with van der Waals surface area (Å²) in [7, 11) is 0. The molecule has 1 saturated heterocycles. The Kier molecular flexibility index (Phi) is 6.84. The van der Waals surface area contributed by atoms with Crippen molar-refractivity contribution < 1.29 is 23.1 Å². The Morgan fingerprint density at radius 1 is 1.44 bits per heavy atom. The van der Waals surface area contributed by atoms with Crippen molar-refractivity contribution in [2.75, 3.05) is 26.2 Å². The van der Waals surface area contributed by atoms with Crippen LogP contribution in [-0.2, 0) is 11.0 Å². The molecule has 1 aromatic carbocycles. The highest BCUT2D eigenvalue weighted by Gasteiger charge is 2.31. The number of amides is 1. The minimum absolute atomic E-state index is 0.0140. The second kappa shape index (κ2) is 8.67. The summed E-state index contributed by atoms with van der Waals surface area (Å²) in [5, 5.41) is 13.2. The van der Waals surface area contributed by atoms with Gasteiger partial charge in [0.05, 0.1) is 17.6 Å². The van der Waals surface area contributed by atoms with Gasteiger partial charge in [-0.25, -0.2) is 0 Å². The minimum Gasteiger partial charge on any atom is -0.387 e. The Morgan fingerprint density at radius 2 is 2.20 bits per heavy atom. The zero-order valence-electron chi connectivity index (χ0n) is 14.4. The molecule has 1 fully saturated rings. The van der Waals surface area contributed by atoms with Crippen molar-refractivity contribution in [2.24, 2.45) is 5.92 Å². The first kappa shape index (κ1) is 19.7. The van der Waals surface area contributed by atoms with E-state index in [0.29, 0.717) is 13.1 Å². The van der Waals surface area contributed by atoms with Crippen molar-refractivity contribution in [3.63, 3.8) is 0 Å². The van der Waals surface area contributed by atoms with E-state index in [1.54, 1.807) is 0 Å². The molecule has 1 aromatic rings. The fourth-order valence-corrected chi connectivity index (χ4v) is 3.10. The molecule has 0 bridgehead atoms. The summed E-state index contributed by atoms with van der Waals surface area (Å²) in [6, 6.07) is 4.78. The molecule has 2 atom stereocenters. The topological polar surface area (TPSA) is 52.6 Å². The molecule has 0 spiro atoms. The number of hydrogen-bond donors (Lipinski definition) is 2. The lowest BCUT2D eigenvalue weighted by molar-refractivity contribution is -0.137. The number of carbonyl (C=O) groups is 1. The number of likely N-dealkylation sites (tertiary alicyclic amines) is 1. The number of β-amino-alcohol motifs (C(OH)–C–C–N with tert-alkyl or cyclic N) is 1. The van der Waals surface area contributed by atoms with Crippen molar-refractivity contribution in [2.45, 2.75) is 38.5 Å². The van der Waals surface area contributed by atoms with Gasteiger partial charge in [0.15, 0.2) is 0 Å². The number of aliphatic hydroxyl groups is 1. The molecule has 0 aromatic heterocycles. The number of rotatable bonds is 6. The van der Waals surface area contributed by atoms with Crippen LogP contribution >= 0.6 is 0 Å². The van der Waals surface area contributed by atoms with Gasteiger partial charge in [0, 0.05) is 19.6 Å². The lowest BCUT2D eigenvalue weighted by Gasteiger charge is -2.33. The van der Waals surface area contributed by atoms with Crippen LogP contribution < -0.4 is 5.32 Å². The van der Waals surface area contributed by atoms with Crippen LogP contribution in [0.5, 0.6) is 0 Å². The van der Waals surface area contributed by atoms with Crippen LogP contribution in [-0.4, -0.2) is 42.1 Å². The number of nitrogens with zero attached hydrogens (tertiary/aromatic N) is 1. The van der Waals surface area contributed by atoms with E-state index in [9.17, 15) is 23.1 Å². The molecule has 1 aliphatic rings. The van der Waals surface area contributed by atoms with Crippen molar-refractivity contribution >= 4 is 5.91 Å². The van der Waals surface area contributed by atoms with Crippen molar-refractivity contribution in [1.82, 2.24) is 10.2 Å². The third kappa shape index (κ3) is 5.71. The molecule has 2 N–H and O–H groups in total. The molecule has 0 saturated carbocycles. The predicted octanol–water partition coefficient (Wildman–Crippen LogP) is 2.98. The Balaban J connectivity index is 1.96. The molecular weight excluding hydrogens is 333 g/mol. The monoisotopic (exact) mass is 358 g/mol. The van der Waals surface area contributed by atoms with E-state index in [-0.39, 0.29) is 23.9 Å². The molecule has 7 heteroatoms. The maximum absolute atomic E-state index is 12.8. The summed E-state index contributed by atoms with van der Waals surface area (Å²) in [4.78, 5) is 14.0. The van der Waals surface area contributed by atoms with Gasteiger partial charge in [-0.15, -0.1) is 0 Å². The summed E-state index contributed by atoms with van der Waals surface area (Å²) in [6.45, 7) is 4.10. The van der Waals surface area contributed by atoms with E-state index in [2.05, 4.69) is 5.32 Å². The van der Waals surface area contributed by atoms with Crippen molar-refractivity contribution in [3.05, 3.63) is 35.4 Å². The second-order valence-corrected chi connectivity index (χ2v) is 6.53. The molecule has 0 unspecified atom stereocenters. The molecular formula is C18H25F3N2O2. The van der Waals surface area contributed by atoms with Gasteiger partial charge < -0.3 is 10.4 Å². The normalized spacial score (nSPS) is 20.3. The number of aliphatic hydroxyl groups excluding tert-OH is 1. The average Bonchev–Trinajstić information content (AvgIpc) is 2.59. The quantitative estimate of drug-likeness (QED) is 0.822. The van der Waals surface area contributed by atoms with Crippen LogP contribution in [0.4, 0.5) is 13.2 Å². The van der Waals surface area contributed by atoms with Gasteiger partial charge in [-0.1, -0.05) is 19.1 Å². The number of benzene rings is 1. The van der Waals surface area contributed by atoms with Gasteiger partial charge in [-0.05, 0) is 43.5 Å². The van der Waals surface area contributed by atoms with Gasteiger partial charge >= 0.3 is 6.18 Å². The first-order valence-electron chi connectivity index (χ1n) is 8.66. The van der Waals surface area contributed by atoms with Crippen LogP contribution in [0.3, 0.4) is 0 Å². The average molecular weight is 358 g/mol. The van der Waals surface area contributed by atoms with Crippen LogP contribution in [0, 0.1) is 5.92 Å². The summed E-state index contributed by atoms with van der Waals surface area (Å²) in [5.41, 5.74) is -0.521. The van der Waals surface area contributed by atoms with E-state index >= 15 is 0 Å². The van der Waals surface area contributed by atoms with Crippen LogP contribution in [0.15, 0.2) is 24.3 Å². The minimum atomic E-state index is -4.43. The summed E-state index contributed by atoms with van der Waals surface area (Å²) >= 11 is 0. The number of alkyl halides is 3. The summed E-state index contributed by atoms with van der Waals surface area (Å²) in [5.74, 6) is -0.117. The van der Waals surface area contributed by atoms with Crippen LogP contribution in [0.2, 0.25) is 0 Å². The van der Waals surface area contributed by atoms with Crippen LogP contribution in [0.25, 0.3) is 0 Å². The highest BCUT2D eigenvalue weighted by Crippen LogP contribution is 2.31. The number of halogens is 3. The smallest absolute Gasteiger partial charge is 0.387 e. The van der Waals surface area contributed by atoms with Crippen molar-refractivity contribution in [3.8, 4) is 0 Å².